The first-order valence-electron chi connectivity index (χ1n) is 5.52. The average Bonchev–Trinajstić information content (AvgIpc) is 2.12. The van der Waals surface area contributed by atoms with E-state index in [1.165, 1.54) is 16.7 Å². The minimum atomic E-state index is -0.367. The van der Waals surface area contributed by atoms with Gasteiger partial charge in [-0.2, -0.15) is 0 Å². The minimum Gasteiger partial charge on any atom is -0.388 e. The van der Waals surface area contributed by atoms with Crippen molar-refractivity contribution in [2.45, 2.75) is 39.7 Å². The second kappa shape index (κ2) is 5.29. The number of hydrogen-bond donors (Lipinski definition) is 2. The normalized spacial score (nSPS) is 12.9. The van der Waals surface area contributed by atoms with Crippen molar-refractivity contribution in [3.05, 3.63) is 34.4 Å². The second-order valence-corrected chi connectivity index (χ2v) is 4.26. The molecule has 0 saturated carbocycles. The standard InChI is InChI=1S/C13H21NO/c1-9-7-10(2)13(11(3)8-9)12(15)5-4-6-14/h7-8,12,15H,4-6,14H2,1-3H3. The Hall–Kier alpha value is -0.860. The molecule has 0 aliphatic carbocycles. The Balaban J connectivity index is 2.92. The van der Waals surface area contributed by atoms with Gasteiger partial charge in [-0.25, -0.2) is 0 Å². The van der Waals surface area contributed by atoms with Gasteiger partial charge in [0.05, 0.1) is 6.10 Å². The topological polar surface area (TPSA) is 46.2 Å². The number of aryl methyl sites for hydroxylation is 3. The van der Waals surface area contributed by atoms with E-state index in [-0.39, 0.29) is 6.10 Å². The van der Waals surface area contributed by atoms with E-state index >= 15 is 0 Å². The monoisotopic (exact) mass is 207 g/mol. The van der Waals surface area contributed by atoms with Crippen LogP contribution in [0.15, 0.2) is 12.1 Å². The summed E-state index contributed by atoms with van der Waals surface area (Å²) in [4.78, 5) is 0. The van der Waals surface area contributed by atoms with Crippen molar-refractivity contribution in [2.75, 3.05) is 6.54 Å². The van der Waals surface area contributed by atoms with Crippen LogP contribution in [0, 0.1) is 20.8 Å². The van der Waals surface area contributed by atoms with Crippen LogP contribution in [-0.2, 0) is 0 Å². The van der Waals surface area contributed by atoms with E-state index in [0.717, 1.165) is 18.4 Å². The first-order chi connectivity index (χ1) is 7.06. The van der Waals surface area contributed by atoms with Crippen LogP contribution < -0.4 is 5.73 Å². The highest BCUT2D eigenvalue weighted by molar-refractivity contribution is 5.38. The zero-order valence-corrected chi connectivity index (χ0v) is 9.88. The van der Waals surface area contributed by atoms with E-state index in [1.807, 2.05) is 0 Å². The largest absolute Gasteiger partial charge is 0.388 e. The van der Waals surface area contributed by atoms with Crippen molar-refractivity contribution in [1.82, 2.24) is 0 Å². The Kier molecular flexibility index (Phi) is 4.30. The van der Waals surface area contributed by atoms with Crippen molar-refractivity contribution >= 4 is 0 Å². The second-order valence-electron chi connectivity index (χ2n) is 4.26. The summed E-state index contributed by atoms with van der Waals surface area (Å²) < 4.78 is 0. The lowest BCUT2D eigenvalue weighted by Crippen LogP contribution is -2.07. The minimum absolute atomic E-state index is 0.367. The molecule has 1 unspecified atom stereocenters. The molecule has 0 aliphatic heterocycles. The van der Waals surface area contributed by atoms with Crippen LogP contribution >= 0.6 is 0 Å². The highest BCUT2D eigenvalue weighted by Gasteiger charge is 2.12. The lowest BCUT2D eigenvalue weighted by Gasteiger charge is -2.17. The first-order valence-corrected chi connectivity index (χ1v) is 5.52. The Morgan fingerprint density at radius 2 is 1.73 bits per heavy atom. The summed E-state index contributed by atoms with van der Waals surface area (Å²) >= 11 is 0. The van der Waals surface area contributed by atoms with Gasteiger partial charge in [-0.1, -0.05) is 17.7 Å². The van der Waals surface area contributed by atoms with Gasteiger partial charge in [-0.3, -0.25) is 0 Å². The molecule has 15 heavy (non-hydrogen) atoms. The fourth-order valence-electron chi connectivity index (χ4n) is 2.17. The summed E-state index contributed by atoms with van der Waals surface area (Å²) in [7, 11) is 0. The fourth-order valence-corrected chi connectivity index (χ4v) is 2.17. The molecule has 0 aliphatic rings. The summed E-state index contributed by atoms with van der Waals surface area (Å²) in [6, 6.07) is 4.24. The Morgan fingerprint density at radius 3 is 2.20 bits per heavy atom. The quantitative estimate of drug-likeness (QED) is 0.796. The van der Waals surface area contributed by atoms with E-state index < -0.39 is 0 Å². The maximum atomic E-state index is 10.0. The predicted octanol–water partition coefficient (Wildman–Crippen LogP) is 2.38. The molecule has 0 spiro atoms. The maximum absolute atomic E-state index is 10.0. The summed E-state index contributed by atoms with van der Waals surface area (Å²) in [5.41, 5.74) is 10.1. The van der Waals surface area contributed by atoms with Gasteiger partial charge in [0, 0.05) is 0 Å². The molecule has 1 aromatic rings. The van der Waals surface area contributed by atoms with Gasteiger partial charge >= 0.3 is 0 Å². The lowest BCUT2D eigenvalue weighted by molar-refractivity contribution is 0.164. The third kappa shape index (κ3) is 3.05. The third-order valence-electron chi connectivity index (χ3n) is 2.75. The van der Waals surface area contributed by atoms with Crippen LogP contribution in [-0.4, -0.2) is 11.7 Å². The molecule has 3 N–H and O–H groups in total. The maximum Gasteiger partial charge on any atom is 0.0795 e. The molecule has 2 heteroatoms. The molecule has 2 nitrogen and oxygen atoms in total. The number of nitrogens with two attached hydrogens (primary N) is 1. The van der Waals surface area contributed by atoms with Crippen molar-refractivity contribution in [3.8, 4) is 0 Å². The van der Waals surface area contributed by atoms with Crippen molar-refractivity contribution in [2.24, 2.45) is 5.73 Å². The van der Waals surface area contributed by atoms with Gasteiger partial charge in [0.1, 0.15) is 0 Å². The third-order valence-corrected chi connectivity index (χ3v) is 2.75. The summed E-state index contributed by atoms with van der Waals surface area (Å²) in [5.74, 6) is 0. The smallest absolute Gasteiger partial charge is 0.0795 e. The SMILES string of the molecule is Cc1cc(C)c(C(O)CCCN)c(C)c1. The molecule has 0 amide bonds. The average molecular weight is 207 g/mol. The Labute approximate surface area is 92.1 Å². The zero-order valence-electron chi connectivity index (χ0n) is 9.88. The molecule has 1 aromatic carbocycles. The van der Waals surface area contributed by atoms with Gasteiger partial charge in [0.2, 0.25) is 0 Å². The molecular formula is C13H21NO. The highest BCUT2D eigenvalue weighted by atomic mass is 16.3. The van der Waals surface area contributed by atoms with Gasteiger partial charge in [0.15, 0.2) is 0 Å². The number of hydrogen-bond acceptors (Lipinski definition) is 2. The van der Waals surface area contributed by atoms with Gasteiger partial charge in [0.25, 0.3) is 0 Å². The van der Waals surface area contributed by atoms with E-state index in [4.69, 9.17) is 5.73 Å². The molecule has 0 saturated heterocycles. The number of aliphatic hydroxyl groups excluding tert-OH is 1. The molecule has 0 aromatic heterocycles. The van der Waals surface area contributed by atoms with Crippen LogP contribution in [0.4, 0.5) is 0 Å². The van der Waals surface area contributed by atoms with Crippen LogP contribution in [0.1, 0.15) is 41.2 Å². The molecule has 1 rings (SSSR count). The lowest BCUT2D eigenvalue weighted by atomic mass is 9.93. The number of aliphatic hydroxyl groups is 1. The molecular weight excluding hydrogens is 186 g/mol. The van der Waals surface area contributed by atoms with Crippen molar-refractivity contribution < 1.29 is 5.11 Å². The van der Waals surface area contributed by atoms with Crippen LogP contribution in [0.5, 0.6) is 0 Å². The number of rotatable bonds is 4. The van der Waals surface area contributed by atoms with Crippen LogP contribution in [0.3, 0.4) is 0 Å². The molecule has 0 heterocycles. The van der Waals surface area contributed by atoms with Gasteiger partial charge in [-0.05, 0) is 56.8 Å². The Morgan fingerprint density at radius 1 is 1.20 bits per heavy atom. The zero-order chi connectivity index (χ0) is 11.4. The highest BCUT2D eigenvalue weighted by Crippen LogP contribution is 2.26. The summed E-state index contributed by atoms with van der Waals surface area (Å²) in [6.45, 7) is 6.83. The van der Waals surface area contributed by atoms with Gasteiger partial charge < -0.3 is 10.8 Å². The first kappa shape index (κ1) is 12.2. The van der Waals surface area contributed by atoms with Gasteiger partial charge in [-0.15, -0.1) is 0 Å². The van der Waals surface area contributed by atoms with E-state index in [0.29, 0.717) is 6.54 Å². The molecule has 84 valence electrons. The van der Waals surface area contributed by atoms with E-state index in [1.54, 1.807) is 0 Å². The number of benzene rings is 1. The Bertz CT molecular complexity index is 310. The summed E-state index contributed by atoms with van der Waals surface area (Å²) in [5, 5.41) is 10.0. The van der Waals surface area contributed by atoms with Crippen molar-refractivity contribution in [3.63, 3.8) is 0 Å². The molecule has 0 radical (unpaired) electrons. The molecule has 1 atom stereocenters. The summed E-state index contributed by atoms with van der Waals surface area (Å²) in [6.07, 6.45) is 1.25. The predicted molar refractivity (Wildman–Crippen MR) is 63.9 cm³/mol. The van der Waals surface area contributed by atoms with Crippen molar-refractivity contribution in [1.29, 1.82) is 0 Å². The van der Waals surface area contributed by atoms with E-state index in [2.05, 4.69) is 32.9 Å². The molecule has 0 fully saturated rings. The fraction of sp³-hybridized carbons (Fsp3) is 0.538. The van der Waals surface area contributed by atoms with Crippen LogP contribution in [0.25, 0.3) is 0 Å². The van der Waals surface area contributed by atoms with Crippen LogP contribution in [0.2, 0.25) is 0 Å². The molecule has 0 bridgehead atoms. The van der Waals surface area contributed by atoms with E-state index in [9.17, 15) is 5.11 Å².